The molecule has 2 aromatic rings. The predicted octanol–water partition coefficient (Wildman–Crippen LogP) is 2.22. The molecule has 0 aliphatic carbocycles. The Hall–Kier alpha value is -1.99. The zero-order valence-corrected chi connectivity index (χ0v) is 11.1. The minimum absolute atomic E-state index is 0.0277. The zero-order valence-electron chi connectivity index (χ0n) is 10.3. The fourth-order valence-corrected chi connectivity index (χ4v) is 2.17. The number of halogens is 2. The van der Waals surface area contributed by atoms with Crippen LogP contribution in [-0.2, 0) is 16.6 Å². The summed E-state index contributed by atoms with van der Waals surface area (Å²) in [5.41, 5.74) is 0.447. The monoisotopic (exact) mass is 298 g/mol. The van der Waals surface area contributed by atoms with E-state index in [9.17, 15) is 17.2 Å². The molecule has 0 spiro atoms. The highest BCUT2D eigenvalue weighted by Crippen LogP contribution is 2.16. The summed E-state index contributed by atoms with van der Waals surface area (Å²) in [7, 11) is -3.75. The fourth-order valence-electron chi connectivity index (χ4n) is 1.65. The van der Waals surface area contributed by atoms with Crippen molar-refractivity contribution in [2.45, 2.75) is 11.4 Å². The van der Waals surface area contributed by atoms with Crippen LogP contribution >= 0.6 is 0 Å². The van der Waals surface area contributed by atoms with E-state index >= 15 is 0 Å². The number of sulfonamides is 1. The second kappa shape index (κ2) is 5.56. The van der Waals surface area contributed by atoms with E-state index in [1.807, 2.05) is 0 Å². The van der Waals surface area contributed by atoms with Crippen LogP contribution < -0.4 is 10.5 Å². The lowest BCUT2D eigenvalue weighted by molar-refractivity contribution is 0.560. The molecule has 4 nitrogen and oxygen atoms in total. The van der Waals surface area contributed by atoms with Crippen molar-refractivity contribution in [1.82, 2.24) is 0 Å². The molecule has 0 aliphatic rings. The van der Waals surface area contributed by atoms with E-state index in [0.717, 1.165) is 0 Å². The van der Waals surface area contributed by atoms with Gasteiger partial charge < -0.3 is 5.32 Å². The molecule has 0 atom stereocenters. The number of benzene rings is 2. The first-order chi connectivity index (χ1) is 9.38. The molecule has 106 valence electrons. The van der Waals surface area contributed by atoms with Crippen LogP contribution in [0.15, 0.2) is 47.4 Å². The lowest BCUT2D eigenvalue weighted by Gasteiger charge is -2.08. The number of hydrogen-bond donors (Lipinski definition) is 2. The topological polar surface area (TPSA) is 72.2 Å². The Morgan fingerprint density at radius 2 is 1.55 bits per heavy atom. The maximum absolute atomic E-state index is 13.4. The number of anilines is 1. The van der Waals surface area contributed by atoms with E-state index < -0.39 is 21.7 Å². The summed E-state index contributed by atoms with van der Waals surface area (Å²) < 4.78 is 48.9. The van der Waals surface area contributed by atoms with E-state index in [2.05, 4.69) is 5.32 Å². The molecule has 0 radical (unpaired) electrons. The van der Waals surface area contributed by atoms with Crippen LogP contribution in [-0.4, -0.2) is 8.42 Å². The fraction of sp³-hybridized carbons (Fsp3) is 0.0769. The van der Waals surface area contributed by atoms with E-state index in [1.165, 1.54) is 42.5 Å². The third kappa shape index (κ3) is 3.31. The molecule has 0 saturated heterocycles. The van der Waals surface area contributed by atoms with Gasteiger partial charge in [-0.05, 0) is 36.4 Å². The second-order valence-electron chi connectivity index (χ2n) is 4.12. The predicted molar refractivity (Wildman–Crippen MR) is 71.5 cm³/mol. The minimum Gasteiger partial charge on any atom is -0.381 e. The molecule has 20 heavy (non-hydrogen) atoms. The van der Waals surface area contributed by atoms with Crippen LogP contribution in [0.2, 0.25) is 0 Å². The average molecular weight is 298 g/mol. The lowest BCUT2D eigenvalue weighted by Crippen LogP contribution is -2.12. The van der Waals surface area contributed by atoms with Gasteiger partial charge in [0, 0.05) is 17.8 Å². The van der Waals surface area contributed by atoms with Crippen molar-refractivity contribution in [1.29, 1.82) is 0 Å². The second-order valence-corrected chi connectivity index (χ2v) is 5.68. The van der Waals surface area contributed by atoms with E-state index in [0.29, 0.717) is 5.69 Å². The summed E-state index contributed by atoms with van der Waals surface area (Å²) in [6, 6.07) is 9.20. The highest BCUT2D eigenvalue weighted by Gasteiger charge is 2.09. The number of rotatable bonds is 4. The summed E-state index contributed by atoms with van der Waals surface area (Å²) in [5, 5.41) is 7.77. The van der Waals surface area contributed by atoms with Crippen molar-refractivity contribution in [2.75, 3.05) is 5.32 Å². The number of primary sulfonamides is 1. The first kappa shape index (κ1) is 14.4. The average Bonchev–Trinajstić information content (AvgIpc) is 2.37. The minimum atomic E-state index is -3.75. The molecular weight excluding hydrogens is 286 g/mol. The van der Waals surface area contributed by atoms with Gasteiger partial charge in [0.1, 0.15) is 11.6 Å². The molecule has 0 aromatic heterocycles. The number of hydrogen-bond acceptors (Lipinski definition) is 3. The number of nitrogens with one attached hydrogen (secondary N) is 1. The van der Waals surface area contributed by atoms with Gasteiger partial charge in [0.05, 0.1) is 4.90 Å². The Kier molecular flexibility index (Phi) is 4.01. The summed E-state index contributed by atoms with van der Waals surface area (Å²) >= 11 is 0. The summed E-state index contributed by atoms with van der Waals surface area (Å²) in [6.07, 6.45) is 0. The van der Waals surface area contributed by atoms with E-state index in [-0.39, 0.29) is 17.0 Å². The maximum Gasteiger partial charge on any atom is 0.238 e. The molecule has 0 fully saturated rings. The van der Waals surface area contributed by atoms with Crippen LogP contribution in [0, 0.1) is 11.6 Å². The molecule has 0 unspecified atom stereocenters. The molecule has 0 bridgehead atoms. The smallest absolute Gasteiger partial charge is 0.238 e. The van der Waals surface area contributed by atoms with Gasteiger partial charge in [0.2, 0.25) is 10.0 Å². The lowest BCUT2D eigenvalue weighted by atomic mass is 10.2. The molecule has 7 heteroatoms. The summed E-state index contributed by atoms with van der Waals surface area (Å²) in [5.74, 6) is -1.28. The van der Waals surface area contributed by atoms with Gasteiger partial charge >= 0.3 is 0 Å². The normalized spacial score (nSPS) is 11.3. The molecule has 0 saturated carbocycles. The van der Waals surface area contributed by atoms with Crippen molar-refractivity contribution in [3.05, 3.63) is 59.7 Å². The first-order valence-electron chi connectivity index (χ1n) is 5.67. The maximum atomic E-state index is 13.4. The molecule has 0 amide bonds. The Morgan fingerprint density at radius 3 is 2.05 bits per heavy atom. The van der Waals surface area contributed by atoms with Crippen molar-refractivity contribution in [3.63, 3.8) is 0 Å². The Bertz CT molecular complexity index is 695. The van der Waals surface area contributed by atoms with Gasteiger partial charge in [0.15, 0.2) is 0 Å². The molecule has 2 aromatic carbocycles. The third-order valence-electron chi connectivity index (χ3n) is 2.71. The number of nitrogens with two attached hydrogens (primary N) is 1. The largest absolute Gasteiger partial charge is 0.381 e. The molecule has 0 aliphatic heterocycles. The zero-order chi connectivity index (χ0) is 14.8. The van der Waals surface area contributed by atoms with Gasteiger partial charge in [-0.2, -0.15) is 0 Å². The van der Waals surface area contributed by atoms with Gasteiger partial charge in [0.25, 0.3) is 0 Å². The van der Waals surface area contributed by atoms with Crippen molar-refractivity contribution in [2.24, 2.45) is 5.14 Å². The third-order valence-corrected chi connectivity index (χ3v) is 3.64. The van der Waals surface area contributed by atoms with Crippen LogP contribution in [0.25, 0.3) is 0 Å². The van der Waals surface area contributed by atoms with Gasteiger partial charge in [-0.1, -0.05) is 6.07 Å². The van der Waals surface area contributed by atoms with Crippen molar-refractivity contribution < 1.29 is 17.2 Å². The highest BCUT2D eigenvalue weighted by atomic mass is 32.2. The van der Waals surface area contributed by atoms with Gasteiger partial charge in [-0.3, -0.25) is 0 Å². The molecule has 3 N–H and O–H groups in total. The quantitative estimate of drug-likeness (QED) is 0.909. The van der Waals surface area contributed by atoms with Gasteiger partial charge in [-0.15, -0.1) is 0 Å². The first-order valence-corrected chi connectivity index (χ1v) is 7.22. The SMILES string of the molecule is NS(=O)(=O)c1ccc(NCc2c(F)cccc2F)cc1. The van der Waals surface area contributed by atoms with Crippen molar-refractivity contribution in [3.8, 4) is 0 Å². The van der Waals surface area contributed by atoms with E-state index in [1.54, 1.807) is 0 Å². The Morgan fingerprint density at radius 1 is 1.00 bits per heavy atom. The Labute approximate surface area is 115 Å². The van der Waals surface area contributed by atoms with E-state index in [4.69, 9.17) is 5.14 Å². The molecule has 0 heterocycles. The highest BCUT2D eigenvalue weighted by molar-refractivity contribution is 7.89. The Balaban J connectivity index is 2.12. The molecule has 2 rings (SSSR count). The van der Waals surface area contributed by atoms with Crippen LogP contribution in [0.3, 0.4) is 0 Å². The summed E-state index contributed by atoms with van der Waals surface area (Å²) in [6.45, 7) is -0.0484. The van der Waals surface area contributed by atoms with Crippen molar-refractivity contribution >= 4 is 15.7 Å². The van der Waals surface area contributed by atoms with Crippen LogP contribution in [0.4, 0.5) is 14.5 Å². The summed E-state index contributed by atoms with van der Waals surface area (Å²) in [4.78, 5) is -0.0277. The van der Waals surface area contributed by atoms with Crippen LogP contribution in [0.1, 0.15) is 5.56 Å². The standard InChI is InChI=1S/C13H12F2N2O2S/c14-12-2-1-3-13(15)11(12)8-17-9-4-6-10(7-5-9)20(16,18)19/h1-7,17H,8H2,(H2,16,18,19). The molecular formula is C13H12F2N2O2S. The van der Waals surface area contributed by atoms with Crippen LogP contribution in [0.5, 0.6) is 0 Å². The van der Waals surface area contributed by atoms with Gasteiger partial charge in [-0.25, -0.2) is 22.3 Å².